The van der Waals surface area contributed by atoms with E-state index in [1.54, 1.807) is 0 Å². The SMILES string of the molecule is CCc1ccccc1C(O)c1ccc2c(c1)CCCO2. The number of aliphatic hydroxyl groups is 1. The van der Waals surface area contributed by atoms with Crippen LogP contribution in [0.5, 0.6) is 5.75 Å². The lowest BCUT2D eigenvalue weighted by Crippen LogP contribution is -2.10. The largest absolute Gasteiger partial charge is 0.493 e. The predicted octanol–water partition coefficient (Wildman–Crippen LogP) is 3.66. The molecule has 20 heavy (non-hydrogen) atoms. The highest BCUT2D eigenvalue weighted by Gasteiger charge is 2.17. The van der Waals surface area contributed by atoms with E-state index >= 15 is 0 Å². The number of ether oxygens (including phenoxy) is 1. The Labute approximate surface area is 120 Å². The summed E-state index contributed by atoms with van der Waals surface area (Å²) in [6, 6.07) is 14.2. The molecule has 1 N–H and O–H groups in total. The first kappa shape index (κ1) is 13.2. The van der Waals surface area contributed by atoms with Crippen LogP contribution in [-0.4, -0.2) is 11.7 Å². The summed E-state index contributed by atoms with van der Waals surface area (Å²) in [5.41, 5.74) is 4.37. The van der Waals surface area contributed by atoms with Gasteiger partial charge in [-0.05, 0) is 53.6 Å². The minimum Gasteiger partial charge on any atom is -0.493 e. The number of benzene rings is 2. The zero-order chi connectivity index (χ0) is 13.9. The number of fused-ring (bicyclic) bond motifs is 1. The van der Waals surface area contributed by atoms with Crippen LogP contribution in [0.4, 0.5) is 0 Å². The Morgan fingerprint density at radius 3 is 2.90 bits per heavy atom. The number of aryl methyl sites for hydroxylation is 2. The molecule has 2 aromatic carbocycles. The highest BCUT2D eigenvalue weighted by atomic mass is 16.5. The van der Waals surface area contributed by atoms with Gasteiger partial charge in [0, 0.05) is 0 Å². The third-order valence-corrected chi connectivity index (χ3v) is 3.98. The Hall–Kier alpha value is -1.80. The molecule has 0 aromatic heterocycles. The van der Waals surface area contributed by atoms with Gasteiger partial charge in [0.1, 0.15) is 11.9 Å². The van der Waals surface area contributed by atoms with Gasteiger partial charge in [0.25, 0.3) is 0 Å². The molecule has 1 aliphatic rings. The highest BCUT2D eigenvalue weighted by molar-refractivity contribution is 5.43. The van der Waals surface area contributed by atoms with Crippen molar-refractivity contribution in [3.63, 3.8) is 0 Å². The Morgan fingerprint density at radius 2 is 2.05 bits per heavy atom. The monoisotopic (exact) mass is 268 g/mol. The maximum atomic E-state index is 10.7. The van der Waals surface area contributed by atoms with E-state index in [1.165, 1.54) is 11.1 Å². The van der Waals surface area contributed by atoms with Crippen molar-refractivity contribution in [1.29, 1.82) is 0 Å². The van der Waals surface area contributed by atoms with Gasteiger partial charge in [0.15, 0.2) is 0 Å². The standard InChI is InChI=1S/C18H20O2/c1-2-13-6-3-4-8-16(13)18(19)15-9-10-17-14(12-15)7-5-11-20-17/h3-4,6,8-10,12,18-19H,2,5,7,11H2,1H3. The highest BCUT2D eigenvalue weighted by Crippen LogP contribution is 2.31. The molecule has 2 heteroatoms. The Morgan fingerprint density at radius 1 is 1.20 bits per heavy atom. The van der Waals surface area contributed by atoms with Crippen molar-refractivity contribution in [2.45, 2.75) is 32.3 Å². The summed E-state index contributed by atoms with van der Waals surface area (Å²) in [4.78, 5) is 0. The molecule has 0 saturated heterocycles. The minimum absolute atomic E-state index is 0.557. The van der Waals surface area contributed by atoms with Crippen molar-refractivity contribution in [2.24, 2.45) is 0 Å². The van der Waals surface area contributed by atoms with Gasteiger partial charge in [-0.3, -0.25) is 0 Å². The third kappa shape index (κ3) is 2.44. The quantitative estimate of drug-likeness (QED) is 0.920. The molecule has 1 atom stereocenters. The zero-order valence-corrected chi connectivity index (χ0v) is 11.8. The summed E-state index contributed by atoms with van der Waals surface area (Å²) >= 11 is 0. The number of aliphatic hydroxyl groups excluding tert-OH is 1. The molecule has 104 valence electrons. The molecule has 0 radical (unpaired) electrons. The molecular weight excluding hydrogens is 248 g/mol. The molecule has 3 rings (SSSR count). The van der Waals surface area contributed by atoms with Crippen molar-refractivity contribution >= 4 is 0 Å². The molecule has 0 amide bonds. The fourth-order valence-corrected chi connectivity index (χ4v) is 2.85. The van der Waals surface area contributed by atoms with Crippen LogP contribution in [0.25, 0.3) is 0 Å². The van der Waals surface area contributed by atoms with Crippen LogP contribution in [0.1, 0.15) is 41.7 Å². The van der Waals surface area contributed by atoms with Gasteiger partial charge >= 0.3 is 0 Å². The van der Waals surface area contributed by atoms with E-state index in [0.29, 0.717) is 0 Å². The first-order valence-corrected chi connectivity index (χ1v) is 7.31. The molecule has 0 saturated carbocycles. The molecule has 1 aliphatic heterocycles. The maximum Gasteiger partial charge on any atom is 0.122 e. The van der Waals surface area contributed by atoms with E-state index in [9.17, 15) is 5.11 Å². The van der Waals surface area contributed by atoms with E-state index < -0.39 is 6.10 Å². The van der Waals surface area contributed by atoms with Crippen molar-refractivity contribution in [2.75, 3.05) is 6.61 Å². The summed E-state index contributed by atoms with van der Waals surface area (Å²) in [6.45, 7) is 2.92. The summed E-state index contributed by atoms with van der Waals surface area (Å²) in [6.07, 6.45) is 2.46. The average molecular weight is 268 g/mol. The fraction of sp³-hybridized carbons (Fsp3) is 0.333. The second kappa shape index (κ2) is 5.68. The first-order valence-electron chi connectivity index (χ1n) is 7.31. The van der Waals surface area contributed by atoms with Gasteiger partial charge in [-0.15, -0.1) is 0 Å². The smallest absolute Gasteiger partial charge is 0.122 e. The molecule has 0 spiro atoms. The van der Waals surface area contributed by atoms with Gasteiger partial charge in [-0.2, -0.15) is 0 Å². The zero-order valence-electron chi connectivity index (χ0n) is 11.8. The maximum absolute atomic E-state index is 10.7. The Kier molecular flexibility index (Phi) is 3.75. The van der Waals surface area contributed by atoms with E-state index in [1.807, 2.05) is 30.3 Å². The molecule has 1 heterocycles. The topological polar surface area (TPSA) is 29.5 Å². The second-order valence-electron chi connectivity index (χ2n) is 5.27. The minimum atomic E-state index is -0.557. The van der Waals surface area contributed by atoms with Crippen LogP contribution < -0.4 is 4.74 Å². The number of rotatable bonds is 3. The predicted molar refractivity (Wildman–Crippen MR) is 80.1 cm³/mol. The first-order chi connectivity index (χ1) is 9.79. The molecule has 0 aliphatic carbocycles. The summed E-state index contributed by atoms with van der Waals surface area (Å²) in [5.74, 6) is 0.968. The fourth-order valence-electron chi connectivity index (χ4n) is 2.85. The lowest BCUT2D eigenvalue weighted by molar-refractivity contribution is 0.218. The lowest BCUT2D eigenvalue weighted by Gasteiger charge is -2.20. The van der Waals surface area contributed by atoms with E-state index in [2.05, 4.69) is 19.1 Å². The van der Waals surface area contributed by atoms with Crippen LogP contribution in [0.2, 0.25) is 0 Å². The van der Waals surface area contributed by atoms with E-state index in [4.69, 9.17) is 4.74 Å². The summed E-state index contributed by atoms with van der Waals surface area (Å²) < 4.78 is 5.63. The van der Waals surface area contributed by atoms with Crippen molar-refractivity contribution in [3.05, 3.63) is 64.7 Å². The molecular formula is C18H20O2. The van der Waals surface area contributed by atoms with Crippen molar-refractivity contribution in [3.8, 4) is 5.75 Å². The molecule has 0 fully saturated rings. The van der Waals surface area contributed by atoms with Crippen molar-refractivity contribution < 1.29 is 9.84 Å². The Bertz CT molecular complexity index is 604. The van der Waals surface area contributed by atoms with Gasteiger partial charge in [0.2, 0.25) is 0 Å². The normalized spacial score (nSPS) is 15.3. The van der Waals surface area contributed by atoms with E-state index in [-0.39, 0.29) is 0 Å². The number of hydrogen-bond donors (Lipinski definition) is 1. The number of hydrogen-bond acceptors (Lipinski definition) is 2. The molecule has 2 nitrogen and oxygen atoms in total. The van der Waals surface area contributed by atoms with Gasteiger partial charge < -0.3 is 9.84 Å². The molecule has 0 bridgehead atoms. The molecule has 2 aromatic rings. The Balaban J connectivity index is 1.96. The van der Waals surface area contributed by atoms with Crippen LogP contribution in [-0.2, 0) is 12.8 Å². The van der Waals surface area contributed by atoms with Crippen LogP contribution in [0.15, 0.2) is 42.5 Å². The molecule has 1 unspecified atom stereocenters. The third-order valence-electron chi connectivity index (χ3n) is 3.98. The van der Waals surface area contributed by atoms with Crippen LogP contribution in [0, 0.1) is 0 Å². The van der Waals surface area contributed by atoms with Gasteiger partial charge in [-0.1, -0.05) is 37.3 Å². The van der Waals surface area contributed by atoms with Crippen LogP contribution >= 0.6 is 0 Å². The van der Waals surface area contributed by atoms with Crippen molar-refractivity contribution in [1.82, 2.24) is 0 Å². The lowest BCUT2D eigenvalue weighted by atomic mass is 9.93. The van der Waals surface area contributed by atoms with Gasteiger partial charge in [-0.25, -0.2) is 0 Å². The average Bonchev–Trinajstić information content (AvgIpc) is 2.53. The van der Waals surface area contributed by atoms with Gasteiger partial charge in [0.05, 0.1) is 6.61 Å². The second-order valence-corrected chi connectivity index (χ2v) is 5.27. The summed E-state index contributed by atoms with van der Waals surface area (Å²) in [5, 5.41) is 10.7. The van der Waals surface area contributed by atoms with Crippen LogP contribution in [0.3, 0.4) is 0 Å². The summed E-state index contributed by atoms with van der Waals surface area (Å²) in [7, 11) is 0. The van der Waals surface area contributed by atoms with E-state index in [0.717, 1.165) is 42.7 Å².